The van der Waals surface area contributed by atoms with Crippen molar-refractivity contribution < 1.29 is 28.9 Å². The molecule has 0 heterocycles. The molecule has 1 rings (SSSR count). The number of methoxy groups -OCH3 is 3. The first-order valence-corrected chi connectivity index (χ1v) is 5.58. The quantitative estimate of drug-likeness (QED) is 0.660. The zero-order valence-electron chi connectivity index (χ0n) is 11.4. The number of benzene rings is 1. The summed E-state index contributed by atoms with van der Waals surface area (Å²) in [6, 6.07) is 2.68. The van der Waals surface area contributed by atoms with Gasteiger partial charge in [-0.2, -0.15) is 0 Å². The Kier molecular flexibility index (Phi) is 5.42. The van der Waals surface area contributed by atoms with E-state index in [1.54, 1.807) is 0 Å². The average molecular weight is 278 g/mol. The molecule has 106 valence electrons. The van der Waals surface area contributed by atoms with E-state index < -0.39 is 11.9 Å². The highest BCUT2D eigenvalue weighted by atomic mass is 16.5. The normalized spacial score (nSPS) is 9.15. The van der Waals surface area contributed by atoms with E-state index in [0.29, 0.717) is 5.56 Å². The molecule has 1 N–H and O–H groups in total. The lowest BCUT2D eigenvalue weighted by molar-refractivity contribution is -0.139. The Bertz CT molecular complexity index is 554. The lowest BCUT2D eigenvalue weighted by Crippen LogP contribution is -2.01. The van der Waals surface area contributed by atoms with Crippen molar-refractivity contribution in [3.05, 3.63) is 23.3 Å². The maximum atomic E-state index is 11.0. The SMILES string of the molecule is COC(=O)CC#Cc1c(OC)cc(C(=O)O)cc1OC. The highest BCUT2D eigenvalue weighted by Gasteiger charge is 2.14. The van der Waals surface area contributed by atoms with Gasteiger partial charge in [-0.05, 0) is 12.1 Å². The zero-order valence-corrected chi connectivity index (χ0v) is 11.4. The summed E-state index contributed by atoms with van der Waals surface area (Å²) in [4.78, 5) is 22.0. The van der Waals surface area contributed by atoms with E-state index in [0.717, 1.165) is 0 Å². The minimum absolute atomic E-state index is 0.0252. The Balaban J connectivity index is 3.23. The lowest BCUT2D eigenvalue weighted by atomic mass is 10.1. The summed E-state index contributed by atoms with van der Waals surface area (Å²) in [5.74, 6) is 4.30. The molecule has 6 nitrogen and oxygen atoms in total. The van der Waals surface area contributed by atoms with Gasteiger partial charge in [-0.25, -0.2) is 4.79 Å². The van der Waals surface area contributed by atoms with Crippen molar-refractivity contribution in [2.24, 2.45) is 0 Å². The first-order chi connectivity index (χ1) is 9.53. The molecule has 0 saturated carbocycles. The summed E-state index contributed by atoms with van der Waals surface area (Å²) in [7, 11) is 4.06. The number of carboxylic acid groups (broad SMARTS) is 1. The maximum absolute atomic E-state index is 11.0. The number of hydrogen-bond donors (Lipinski definition) is 1. The number of ether oxygens (including phenoxy) is 3. The maximum Gasteiger partial charge on any atom is 0.335 e. The number of rotatable bonds is 4. The van der Waals surface area contributed by atoms with Crippen LogP contribution in [0.25, 0.3) is 0 Å². The van der Waals surface area contributed by atoms with E-state index in [1.807, 2.05) is 0 Å². The molecule has 0 bridgehead atoms. The number of esters is 1. The molecule has 6 heteroatoms. The van der Waals surface area contributed by atoms with Gasteiger partial charge in [0.15, 0.2) is 0 Å². The second kappa shape index (κ2) is 7.04. The van der Waals surface area contributed by atoms with Crippen molar-refractivity contribution >= 4 is 11.9 Å². The van der Waals surface area contributed by atoms with E-state index in [9.17, 15) is 9.59 Å². The molecule has 1 aromatic rings. The number of carbonyl (C=O) groups excluding carboxylic acids is 1. The summed E-state index contributed by atoms with van der Waals surface area (Å²) in [6.07, 6.45) is -0.0799. The first kappa shape index (κ1) is 15.4. The van der Waals surface area contributed by atoms with Crippen LogP contribution in [0.4, 0.5) is 0 Å². The van der Waals surface area contributed by atoms with Crippen LogP contribution in [-0.4, -0.2) is 38.4 Å². The molecular weight excluding hydrogens is 264 g/mol. The fourth-order valence-electron chi connectivity index (χ4n) is 1.44. The predicted molar refractivity (Wildman–Crippen MR) is 70.0 cm³/mol. The third-order valence-corrected chi connectivity index (χ3v) is 2.43. The van der Waals surface area contributed by atoms with Crippen LogP contribution in [0.1, 0.15) is 22.3 Å². The average Bonchev–Trinajstić information content (AvgIpc) is 2.46. The van der Waals surface area contributed by atoms with E-state index in [2.05, 4.69) is 16.6 Å². The van der Waals surface area contributed by atoms with Gasteiger partial charge in [0.25, 0.3) is 0 Å². The van der Waals surface area contributed by atoms with Crippen molar-refractivity contribution in [1.29, 1.82) is 0 Å². The lowest BCUT2D eigenvalue weighted by Gasteiger charge is -2.10. The molecule has 0 atom stereocenters. The summed E-state index contributed by atoms with van der Waals surface area (Å²) in [5, 5.41) is 8.99. The predicted octanol–water partition coefficient (Wildman–Crippen LogP) is 1.32. The standard InChI is InChI=1S/C14H14O6/c1-18-11-7-9(14(16)17)8-12(19-2)10(11)5-4-6-13(15)20-3/h7-8H,6H2,1-3H3,(H,16,17). The monoisotopic (exact) mass is 278 g/mol. The Labute approximate surface area is 116 Å². The first-order valence-electron chi connectivity index (χ1n) is 5.58. The zero-order chi connectivity index (χ0) is 15.1. The highest BCUT2D eigenvalue weighted by molar-refractivity contribution is 5.89. The van der Waals surface area contributed by atoms with Gasteiger partial charge in [0.2, 0.25) is 0 Å². The largest absolute Gasteiger partial charge is 0.495 e. The molecule has 20 heavy (non-hydrogen) atoms. The van der Waals surface area contributed by atoms with Gasteiger partial charge in [0.05, 0.1) is 26.9 Å². The topological polar surface area (TPSA) is 82.1 Å². The van der Waals surface area contributed by atoms with Gasteiger partial charge in [-0.15, -0.1) is 0 Å². The van der Waals surface area contributed by atoms with Crippen LogP contribution in [0.15, 0.2) is 12.1 Å². The van der Waals surface area contributed by atoms with Gasteiger partial charge in [-0.3, -0.25) is 4.79 Å². The molecular formula is C14H14O6. The van der Waals surface area contributed by atoms with Gasteiger partial charge in [0.1, 0.15) is 23.5 Å². The van der Waals surface area contributed by atoms with Crippen molar-refractivity contribution in [2.45, 2.75) is 6.42 Å². The van der Waals surface area contributed by atoms with Gasteiger partial charge >= 0.3 is 11.9 Å². The number of aromatic carboxylic acids is 1. The Morgan fingerprint density at radius 2 is 1.70 bits per heavy atom. The summed E-state index contributed by atoms with van der Waals surface area (Å²) in [5.41, 5.74) is 0.404. The molecule has 0 spiro atoms. The van der Waals surface area contributed by atoms with Crippen molar-refractivity contribution in [3.63, 3.8) is 0 Å². The minimum atomic E-state index is -1.10. The minimum Gasteiger partial charge on any atom is -0.495 e. The Morgan fingerprint density at radius 1 is 1.15 bits per heavy atom. The fourth-order valence-corrected chi connectivity index (χ4v) is 1.44. The molecule has 0 radical (unpaired) electrons. The molecule has 0 unspecified atom stereocenters. The number of carboxylic acids is 1. The van der Waals surface area contributed by atoms with Gasteiger partial charge in [-0.1, -0.05) is 11.8 Å². The molecule has 0 fully saturated rings. The van der Waals surface area contributed by atoms with Crippen LogP contribution in [0, 0.1) is 11.8 Å². The van der Waals surface area contributed by atoms with Crippen molar-refractivity contribution in [2.75, 3.05) is 21.3 Å². The summed E-state index contributed by atoms with van der Waals surface area (Å²) >= 11 is 0. The summed E-state index contributed by atoms with van der Waals surface area (Å²) in [6.45, 7) is 0. The second-order valence-electron chi connectivity index (χ2n) is 3.62. The Hall–Kier alpha value is -2.68. The summed E-state index contributed by atoms with van der Waals surface area (Å²) < 4.78 is 14.7. The van der Waals surface area contributed by atoms with Gasteiger partial charge in [0, 0.05) is 0 Å². The van der Waals surface area contributed by atoms with Gasteiger partial charge < -0.3 is 19.3 Å². The third kappa shape index (κ3) is 3.65. The molecule has 0 aliphatic heterocycles. The van der Waals surface area contributed by atoms with Crippen LogP contribution in [0.3, 0.4) is 0 Å². The fraction of sp³-hybridized carbons (Fsp3) is 0.286. The van der Waals surface area contributed by atoms with E-state index in [-0.39, 0.29) is 23.5 Å². The van der Waals surface area contributed by atoms with Crippen LogP contribution >= 0.6 is 0 Å². The van der Waals surface area contributed by atoms with Crippen LogP contribution in [0.2, 0.25) is 0 Å². The Morgan fingerprint density at radius 3 is 2.10 bits per heavy atom. The smallest absolute Gasteiger partial charge is 0.335 e. The molecule has 0 amide bonds. The molecule has 0 aliphatic carbocycles. The number of hydrogen-bond acceptors (Lipinski definition) is 5. The van der Waals surface area contributed by atoms with E-state index in [1.165, 1.54) is 33.5 Å². The van der Waals surface area contributed by atoms with E-state index >= 15 is 0 Å². The van der Waals surface area contributed by atoms with E-state index in [4.69, 9.17) is 14.6 Å². The molecule has 0 aliphatic rings. The van der Waals surface area contributed by atoms with Crippen molar-refractivity contribution in [1.82, 2.24) is 0 Å². The third-order valence-electron chi connectivity index (χ3n) is 2.43. The second-order valence-corrected chi connectivity index (χ2v) is 3.62. The van der Waals surface area contributed by atoms with Crippen LogP contribution in [-0.2, 0) is 9.53 Å². The molecule has 0 saturated heterocycles. The van der Waals surface area contributed by atoms with Crippen LogP contribution in [0.5, 0.6) is 11.5 Å². The van der Waals surface area contributed by atoms with Crippen molar-refractivity contribution in [3.8, 4) is 23.3 Å². The van der Waals surface area contributed by atoms with Crippen LogP contribution < -0.4 is 9.47 Å². The highest BCUT2D eigenvalue weighted by Crippen LogP contribution is 2.29. The molecule has 0 aromatic heterocycles. The molecule has 1 aromatic carbocycles. The number of carbonyl (C=O) groups is 2.